The Kier molecular flexibility index (Phi) is 5.72. The molecule has 1 aromatic heterocycles. The van der Waals surface area contributed by atoms with E-state index in [9.17, 15) is 9.59 Å². The van der Waals surface area contributed by atoms with Gasteiger partial charge in [-0.2, -0.15) is 0 Å². The van der Waals surface area contributed by atoms with E-state index >= 15 is 0 Å². The van der Waals surface area contributed by atoms with Crippen molar-refractivity contribution in [3.05, 3.63) is 21.9 Å². The summed E-state index contributed by atoms with van der Waals surface area (Å²) in [4.78, 5) is 27.0. The summed E-state index contributed by atoms with van der Waals surface area (Å²) in [5.41, 5.74) is 0. The van der Waals surface area contributed by atoms with Crippen molar-refractivity contribution in [1.82, 2.24) is 10.2 Å². The SMILES string of the molecule is CC(=O)c1ccc(C(=O)NC[C@H](C)N2C[C@@H](C)O[C@@H](C)C2)s1. The highest BCUT2D eigenvalue weighted by Crippen LogP contribution is 2.17. The number of nitrogens with zero attached hydrogens (tertiary/aromatic N) is 1. The lowest BCUT2D eigenvalue weighted by molar-refractivity contribution is -0.0778. The summed E-state index contributed by atoms with van der Waals surface area (Å²) in [6.07, 6.45) is 0.439. The van der Waals surface area contributed by atoms with Crippen LogP contribution in [0.5, 0.6) is 0 Å². The van der Waals surface area contributed by atoms with E-state index in [2.05, 4.69) is 31.0 Å². The molecule has 122 valence electrons. The molecule has 1 aromatic rings. The van der Waals surface area contributed by atoms with Crippen LogP contribution in [0.15, 0.2) is 12.1 Å². The zero-order valence-electron chi connectivity index (χ0n) is 13.6. The van der Waals surface area contributed by atoms with Crippen LogP contribution in [0.4, 0.5) is 0 Å². The minimum atomic E-state index is -0.112. The van der Waals surface area contributed by atoms with Gasteiger partial charge in [0.1, 0.15) is 0 Å². The zero-order valence-corrected chi connectivity index (χ0v) is 14.4. The van der Waals surface area contributed by atoms with Gasteiger partial charge in [-0.25, -0.2) is 0 Å². The number of ether oxygens (including phenoxy) is 1. The van der Waals surface area contributed by atoms with Crippen LogP contribution in [0.25, 0.3) is 0 Å². The average Bonchev–Trinajstić information content (AvgIpc) is 2.93. The zero-order chi connectivity index (χ0) is 16.3. The minimum absolute atomic E-state index is 0.00582. The van der Waals surface area contributed by atoms with Crippen LogP contribution < -0.4 is 5.32 Å². The smallest absolute Gasteiger partial charge is 0.261 e. The predicted octanol–water partition coefficient (Wildman–Crippen LogP) is 2.18. The quantitative estimate of drug-likeness (QED) is 0.844. The molecule has 1 aliphatic rings. The third-order valence-electron chi connectivity index (χ3n) is 3.81. The molecule has 0 spiro atoms. The van der Waals surface area contributed by atoms with Crippen LogP contribution in [0, 0.1) is 0 Å². The van der Waals surface area contributed by atoms with Crippen LogP contribution >= 0.6 is 11.3 Å². The number of nitrogens with one attached hydrogen (secondary N) is 1. The second-order valence-electron chi connectivity index (χ2n) is 5.99. The van der Waals surface area contributed by atoms with Gasteiger partial charge in [-0.1, -0.05) is 0 Å². The second kappa shape index (κ2) is 7.35. The second-order valence-corrected chi connectivity index (χ2v) is 7.07. The highest BCUT2D eigenvalue weighted by molar-refractivity contribution is 7.15. The lowest BCUT2D eigenvalue weighted by Crippen LogP contribution is -2.52. The number of amides is 1. The van der Waals surface area contributed by atoms with Gasteiger partial charge < -0.3 is 10.1 Å². The standard InChI is InChI=1S/C16H24N2O3S/c1-10(18-8-11(2)21-12(3)9-18)7-17-16(20)15-6-5-14(22-15)13(4)19/h5-6,10-12H,7-9H2,1-4H3,(H,17,20)/t10-,11-,12+/m0/s1. The fourth-order valence-corrected chi connectivity index (χ4v) is 3.50. The maximum absolute atomic E-state index is 12.1. The fourth-order valence-electron chi connectivity index (χ4n) is 2.68. The first kappa shape index (κ1) is 17.1. The first-order valence-corrected chi connectivity index (χ1v) is 8.47. The van der Waals surface area contributed by atoms with Crippen molar-refractivity contribution in [2.45, 2.75) is 45.9 Å². The van der Waals surface area contributed by atoms with E-state index in [1.165, 1.54) is 18.3 Å². The third-order valence-corrected chi connectivity index (χ3v) is 4.99. The molecular formula is C16H24N2O3S. The maximum atomic E-state index is 12.1. The minimum Gasteiger partial charge on any atom is -0.373 e. The summed E-state index contributed by atoms with van der Waals surface area (Å²) in [5, 5.41) is 2.96. The Bertz CT molecular complexity index is 533. The molecule has 2 rings (SSSR count). The normalized spacial score (nSPS) is 24.0. The van der Waals surface area contributed by atoms with Crippen LogP contribution in [-0.2, 0) is 4.74 Å². The molecule has 1 N–H and O–H groups in total. The molecule has 1 amide bonds. The Labute approximate surface area is 135 Å². The van der Waals surface area contributed by atoms with Crippen LogP contribution in [0.2, 0.25) is 0 Å². The Morgan fingerprint density at radius 1 is 1.32 bits per heavy atom. The van der Waals surface area contributed by atoms with E-state index < -0.39 is 0 Å². The Morgan fingerprint density at radius 2 is 1.91 bits per heavy atom. The van der Waals surface area contributed by atoms with E-state index in [0.29, 0.717) is 16.3 Å². The summed E-state index contributed by atoms with van der Waals surface area (Å²) in [6, 6.07) is 3.67. The molecule has 5 nitrogen and oxygen atoms in total. The highest BCUT2D eigenvalue weighted by atomic mass is 32.1. The van der Waals surface area contributed by atoms with Crippen LogP contribution in [0.3, 0.4) is 0 Å². The van der Waals surface area contributed by atoms with Gasteiger partial charge in [0.25, 0.3) is 5.91 Å². The van der Waals surface area contributed by atoms with Gasteiger partial charge in [0.2, 0.25) is 0 Å². The Balaban J connectivity index is 1.85. The molecule has 2 heterocycles. The van der Waals surface area contributed by atoms with Crippen molar-refractivity contribution in [2.75, 3.05) is 19.6 Å². The number of ketones is 1. The molecule has 0 bridgehead atoms. The number of thiophene rings is 1. The number of Topliss-reactive ketones (excluding diaryl/α,β-unsaturated/α-hetero) is 1. The molecule has 0 radical (unpaired) electrons. The first-order valence-electron chi connectivity index (χ1n) is 7.65. The number of carbonyl (C=O) groups excluding carboxylic acids is 2. The molecule has 0 unspecified atom stereocenters. The Hall–Kier alpha value is -1.24. The average molecular weight is 324 g/mol. The van der Waals surface area contributed by atoms with Gasteiger partial charge in [-0.3, -0.25) is 14.5 Å². The summed E-state index contributed by atoms with van der Waals surface area (Å²) in [6.45, 7) is 10.1. The fraction of sp³-hybridized carbons (Fsp3) is 0.625. The number of carbonyl (C=O) groups is 2. The van der Waals surface area contributed by atoms with E-state index in [1.54, 1.807) is 12.1 Å². The molecule has 0 aromatic carbocycles. The lowest BCUT2D eigenvalue weighted by Gasteiger charge is -2.38. The van der Waals surface area contributed by atoms with E-state index in [0.717, 1.165) is 13.1 Å². The summed E-state index contributed by atoms with van der Waals surface area (Å²) < 4.78 is 5.73. The monoisotopic (exact) mass is 324 g/mol. The van der Waals surface area contributed by atoms with Gasteiger partial charge in [-0.15, -0.1) is 11.3 Å². The van der Waals surface area contributed by atoms with Gasteiger partial charge in [-0.05, 0) is 39.8 Å². The summed E-state index contributed by atoms with van der Waals surface area (Å²) in [5.74, 6) is -0.118. The number of morpholine rings is 1. The predicted molar refractivity (Wildman–Crippen MR) is 87.7 cm³/mol. The van der Waals surface area contributed by atoms with E-state index in [-0.39, 0.29) is 29.9 Å². The number of hydrogen-bond acceptors (Lipinski definition) is 5. The molecule has 0 aliphatic carbocycles. The van der Waals surface area contributed by atoms with Gasteiger partial charge in [0.05, 0.1) is 22.0 Å². The number of rotatable bonds is 5. The molecule has 6 heteroatoms. The van der Waals surface area contributed by atoms with Gasteiger partial charge >= 0.3 is 0 Å². The first-order chi connectivity index (χ1) is 10.4. The summed E-state index contributed by atoms with van der Waals surface area (Å²) in [7, 11) is 0. The van der Waals surface area contributed by atoms with Crippen molar-refractivity contribution in [3.63, 3.8) is 0 Å². The third kappa shape index (κ3) is 4.38. The largest absolute Gasteiger partial charge is 0.373 e. The lowest BCUT2D eigenvalue weighted by atomic mass is 10.1. The molecule has 1 fully saturated rings. The summed E-state index contributed by atoms with van der Waals surface area (Å²) >= 11 is 1.24. The van der Waals surface area contributed by atoms with Crippen molar-refractivity contribution >= 4 is 23.0 Å². The van der Waals surface area contributed by atoms with Gasteiger partial charge in [0, 0.05) is 25.7 Å². The molecule has 1 aliphatic heterocycles. The molecule has 22 heavy (non-hydrogen) atoms. The van der Waals surface area contributed by atoms with Crippen molar-refractivity contribution in [3.8, 4) is 0 Å². The molecule has 1 saturated heterocycles. The highest BCUT2D eigenvalue weighted by Gasteiger charge is 2.26. The van der Waals surface area contributed by atoms with Crippen LogP contribution in [0.1, 0.15) is 47.0 Å². The van der Waals surface area contributed by atoms with Crippen molar-refractivity contribution < 1.29 is 14.3 Å². The topological polar surface area (TPSA) is 58.6 Å². The van der Waals surface area contributed by atoms with Crippen molar-refractivity contribution in [2.24, 2.45) is 0 Å². The van der Waals surface area contributed by atoms with Crippen molar-refractivity contribution in [1.29, 1.82) is 0 Å². The van der Waals surface area contributed by atoms with Crippen LogP contribution in [-0.4, -0.2) is 54.5 Å². The Morgan fingerprint density at radius 3 is 2.45 bits per heavy atom. The molecular weight excluding hydrogens is 300 g/mol. The van der Waals surface area contributed by atoms with Gasteiger partial charge in [0.15, 0.2) is 5.78 Å². The van der Waals surface area contributed by atoms with E-state index in [4.69, 9.17) is 4.74 Å². The van der Waals surface area contributed by atoms with E-state index in [1.807, 2.05) is 0 Å². The maximum Gasteiger partial charge on any atom is 0.261 e. The number of hydrogen-bond donors (Lipinski definition) is 1. The molecule has 3 atom stereocenters. The molecule has 0 saturated carbocycles.